The fourth-order valence-corrected chi connectivity index (χ4v) is 9.06. The third-order valence-corrected chi connectivity index (χ3v) is 11.7. The number of ether oxygens (including phenoxy) is 1. The van der Waals surface area contributed by atoms with Gasteiger partial charge < -0.3 is 4.74 Å². The average molecular weight is 487 g/mol. The van der Waals surface area contributed by atoms with Crippen LogP contribution >= 0.6 is 0 Å². The molecule has 6 aliphatic rings. The Morgan fingerprint density at radius 1 is 1.06 bits per heavy atom. The fraction of sp³-hybridized carbons (Fsp3) is 0.867. The molecule has 0 unspecified atom stereocenters. The highest BCUT2D eigenvalue weighted by atomic mass is 17.2. The Balaban J connectivity index is 1.45. The van der Waals surface area contributed by atoms with Crippen LogP contribution in [-0.2, 0) is 24.1 Å². The van der Waals surface area contributed by atoms with Crippen LogP contribution in [0.4, 0.5) is 0 Å². The van der Waals surface area contributed by atoms with Gasteiger partial charge in [0, 0.05) is 30.1 Å². The normalized spacial score (nSPS) is 45.9. The number of esters is 1. The van der Waals surface area contributed by atoms with Crippen LogP contribution in [0.1, 0.15) is 106 Å². The van der Waals surface area contributed by atoms with Gasteiger partial charge in [-0.25, -0.2) is 9.78 Å². The molecular formula is C30H46O5. The monoisotopic (exact) mass is 486 g/mol. The van der Waals surface area contributed by atoms with Gasteiger partial charge in [-0.3, -0.25) is 9.59 Å². The van der Waals surface area contributed by atoms with Crippen LogP contribution in [0.5, 0.6) is 0 Å². The molecule has 2 bridgehead atoms. The van der Waals surface area contributed by atoms with E-state index >= 15 is 0 Å². The number of carbonyl (C=O) groups is 2. The molecular weight excluding hydrogens is 440 g/mol. The zero-order valence-corrected chi connectivity index (χ0v) is 22.9. The maximum absolute atomic E-state index is 14.1. The molecule has 4 aliphatic carbocycles. The van der Waals surface area contributed by atoms with Gasteiger partial charge in [0.15, 0.2) is 5.78 Å². The predicted octanol–water partition coefficient (Wildman–Crippen LogP) is 6.59. The smallest absolute Gasteiger partial charge is 0.302 e. The van der Waals surface area contributed by atoms with Gasteiger partial charge >= 0.3 is 5.97 Å². The highest BCUT2D eigenvalue weighted by molar-refractivity contribution is 5.98. The number of hydrogen-bond donors (Lipinski definition) is 0. The van der Waals surface area contributed by atoms with E-state index in [1.807, 2.05) is 6.08 Å². The van der Waals surface area contributed by atoms with Crippen molar-refractivity contribution in [1.82, 2.24) is 0 Å². The summed E-state index contributed by atoms with van der Waals surface area (Å²) in [5.74, 6) is 2.54. The molecule has 0 aromatic rings. The number of ketones is 1. The Bertz CT molecular complexity index is 912. The molecule has 5 nitrogen and oxygen atoms in total. The third-order valence-electron chi connectivity index (χ3n) is 11.7. The van der Waals surface area contributed by atoms with Crippen LogP contribution < -0.4 is 0 Å². The lowest BCUT2D eigenvalue weighted by Crippen LogP contribution is -2.72. The maximum Gasteiger partial charge on any atom is 0.302 e. The number of hydrogen-bond acceptors (Lipinski definition) is 5. The van der Waals surface area contributed by atoms with Crippen molar-refractivity contribution < 1.29 is 24.1 Å². The van der Waals surface area contributed by atoms with E-state index in [-0.39, 0.29) is 23.4 Å². The van der Waals surface area contributed by atoms with Crippen molar-refractivity contribution >= 4 is 11.8 Å². The second-order valence-electron chi connectivity index (χ2n) is 13.6. The minimum atomic E-state index is -0.523. The largest absolute Gasteiger partial charge is 0.462 e. The lowest BCUT2D eigenvalue weighted by Gasteiger charge is -2.68. The van der Waals surface area contributed by atoms with Gasteiger partial charge in [-0.2, -0.15) is 0 Å². The van der Waals surface area contributed by atoms with E-state index in [1.54, 1.807) is 0 Å². The number of rotatable bonds is 6. The minimum Gasteiger partial charge on any atom is -0.462 e. The quantitative estimate of drug-likeness (QED) is 0.313. The fourth-order valence-electron chi connectivity index (χ4n) is 9.06. The van der Waals surface area contributed by atoms with E-state index < -0.39 is 16.6 Å². The van der Waals surface area contributed by atoms with Crippen molar-refractivity contribution in [2.45, 2.75) is 124 Å². The van der Waals surface area contributed by atoms with E-state index in [9.17, 15) is 9.59 Å². The van der Waals surface area contributed by atoms with Gasteiger partial charge in [0.25, 0.3) is 0 Å². The summed E-state index contributed by atoms with van der Waals surface area (Å²) in [5.41, 5.74) is -0.486. The first-order chi connectivity index (χ1) is 16.4. The highest BCUT2D eigenvalue weighted by Crippen LogP contribution is 2.72. The summed E-state index contributed by atoms with van der Waals surface area (Å²) in [6, 6.07) is 0. The summed E-state index contributed by atoms with van der Waals surface area (Å²) >= 11 is 0. The van der Waals surface area contributed by atoms with E-state index in [1.165, 1.54) is 25.3 Å². The van der Waals surface area contributed by atoms with Crippen molar-refractivity contribution in [3.8, 4) is 0 Å². The lowest BCUT2D eigenvalue weighted by atomic mass is 9.44. The second kappa shape index (κ2) is 8.41. The van der Waals surface area contributed by atoms with Gasteiger partial charge in [0.2, 0.25) is 0 Å². The average Bonchev–Trinajstić information content (AvgIpc) is 3.17. The number of fused-ring (bicyclic) bond motifs is 3. The third kappa shape index (κ3) is 3.46. The molecule has 0 amide bonds. The van der Waals surface area contributed by atoms with Gasteiger partial charge in [0.1, 0.15) is 17.3 Å². The van der Waals surface area contributed by atoms with E-state index in [0.717, 1.165) is 38.5 Å². The number of allylic oxidation sites excluding steroid dienone is 1. The molecule has 0 aromatic carbocycles. The minimum absolute atomic E-state index is 0.148. The van der Waals surface area contributed by atoms with E-state index in [0.29, 0.717) is 35.9 Å². The summed E-state index contributed by atoms with van der Waals surface area (Å²) in [4.78, 5) is 38.6. The molecule has 2 saturated heterocycles. The Kier molecular flexibility index (Phi) is 6.12. The molecule has 0 radical (unpaired) electrons. The van der Waals surface area contributed by atoms with Gasteiger partial charge in [0.05, 0.1) is 0 Å². The lowest BCUT2D eigenvalue weighted by molar-refractivity contribution is -0.493. The summed E-state index contributed by atoms with van der Waals surface area (Å²) in [5, 5.41) is 0. The van der Waals surface area contributed by atoms with Gasteiger partial charge in [-0.1, -0.05) is 54.4 Å². The maximum atomic E-state index is 14.1. The van der Waals surface area contributed by atoms with Crippen LogP contribution in [-0.4, -0.2) is 29.1 Å². The van der Waals surface area contributed by atoms with Crippen molar-refractivity contribution in [3.63, 3.8) is 0 Å². The molecule has 0 aromatic heterocycles. The molecule has 9 atom stereocenters. The van der Waals surface area contributed by atoms with E-state index in [2.05, 4.69) is 41.5 Å². The molecule has 2 heterocycles. The molecule has 3 saturated carbocycles. The zero-order valence-electron chi connectivity index (χ0n) is 22.9. The summed E-state index contributed by atoms with van der Waals surface area (Å²) in [6.07, 6.45) is 10.4. The molecule has 0 N–H and O–H groups in total. The molecule has 2 aliphatic heterocycles. The Labute approximate surface area is 211 Å². The Morgan fingerprint density at radius 3 is 2.43 bits per heavy atom. The first-order valence-electron chi connectivity index (χ1n) is 14.2. The Hall–Kier alpha value is -1.20. The van der Waals surface area contributed by atoms with Crippen molar-refractivity contribution in [3.05, 3.63) is 11.6 Å². The zero-order chi connectivity index (χ0) is 25.4. The molecule has 5 fully saturated rings. The van der Waals surface area contributed by atoms with E-state index in [4.69, 9.17) is 14.5 Å². The van der Waals surface area contributed by atoms with Crippen LogP contribution in [0.15, 0.2) is 11.6 Å². The molecule has 35 heavy (non-hydrogen) atoms. The predicted molar refractivity (Wildman–Crippen MR) is 134 cm³/mol. The standard InChI is InChI=1S/C30H46O5/c1-18(2)19(3)8-9-20(4)23-10-11-24-28(23,7)26(32)16-25-27(6)13-12-22(33-21(5)31)17-29(27)14-15-30(24,25)35-34-29/h16,18-20,22-24H,8-15,17H2,1-7H3/t19-,20+,22+,23+,24+,27+,28+,29+,30-/m0/s1. The van der Waals surface area contributed by atoms with Crippen LogP contribution in [0, 0.1) is 40.4 Å². The summed E-state index contributed by atoms with van der Waals surface area (Å²) in [7, 11) is 0. The SMILES string of the molecule is CC(=O)O[C@@H]1CC[C@]2(C)C3=CC(=O)[C@]4(C)[C@@H]([C@H](C)CC[C@H](C)C(C)C)CC[C@H]4[C@@]34CC[C@]2(C1)OO4. The van der Waals surface area contributed by atoms with Crippen LogP contribution in [0.3, 0.4) is 0 Å². The summed E-state index contributed by atoms with van der Waals surface area (Å²) in [6.45, 7) is 15.3. The van der Waals surface area contributed by atoms with Gasteiger partial charge in [-0.15, -0.1) is 0 Å². The number of carbonyl (C=O) groups excluding carboxylic acids is 2. The van der Waals surface area contributed by atoms with Crippen LogP contribution in [0.25, 0.3) is 0 Å². The van der Waals surface area contributed by atoms with Crippen molar-refractivity contribution in [2.24, 2.45) is 40.4 Å². The molecule has 2 spiro atoms. The van der Waals surface area contributed by atoms with Gasteiger partial charge in [-0.05, 0) is 73.8 Å². The Morgan fingerprint density at radius 2 is 1.80 bits per heavy atom. The summed E-state index contributed by atoms with van der Waals surface area (Å²) < 4.78 is 5.60. The van der Waals surface area contributed by atoms with Crippen LogP contribution in [0.2, 0.25) is 0 Å². The topological polar surface area (TPSA) is 61.8 Å². The second-order valence-corrected chi connectivity index (χ2v) is 13.6. The molecule has 196 valence electrons. The molecule has 6 rings (SSSR count). The van der Waals surface area contributed by atoms with Crippen molar-refractivity contribution in [2.75, 3.05) is 0 Å². The molecule has 5 heteroatoms. The first kappa shape index (κ1) is 25.4. The highest BCUT2D eigenvalue weighted by Gasteiger charge is 2.75. The van der Waals surface area contributed by atoms with Crippen molar-refractivity contribution in [1.29, 1.82) is 0 Å². The first-order valence-corrected chi connectivity index (χ1v) is 14.2.